The smallest absolute Gasteiger partial charge is 0.311 e. The SMILES string of the molecule is CCOC(COc1ccc(-c2cccc(-c3cccc(COc4cc(OCc5cncc(C#N)c5)c(C=O)cc4Cl)c3C)c2C)cc1[N+](=O)[O-])OCC. The molecule has 1 heterocycles. The Morgan fingerprint density at radius 2 is 1.55 bits per heavy atom. The maximum absolute atomic E-state index is 12.1. The number of nitrogens with zero attached hydrogens (tertiary/aromatic N) is 3. The predicted octanol–water partition coefficient (Wildman–Crippen LogP) is 9.21. The Balaban J connectivity index is 1.37. The Morgan fingerprint density at radius 1 is 0.849 bits per heavy atom. The second kappa shape index (κ2) is 18.1. The molecule has 0 radical (unpaired) electrons. The lowest BCUT2D eigenvalue weighted by Gasteiger charge is -2.18. The number of rotatable bonds is 17. The van der Waals surface area contributed by atoms with Gasteiger partial charge in [-0.2, -0.15) is 5.26 Å². The molecule has 5 rings (SSSR count). The predicted molar refractivity (Wildman–Crippen MR) is 200 cm³/mol. The Labute approximate surface area is 312 Å². The number of hydrogen-bond donors (Lipinski definition) is 0. The highest BCUT2D eigenvalue weighted by Crippen LogP contribution is 2.39. The zero-order valence-corrected chi connectivity index (χ0v) is 30.5. The van der Waals surface area contributed by atoms with E-state index in [1.54, 1.807) is 30.5 Å². The average molecular weight is 736 g/mol. The Morgan fingerprint density at radius 3 is 2.25 bits per heavy atom. The van der Waals surface area contributed by atoms with Crippen molar-refractivity contribution >= 4 is 23.6 Å². The van der Waals surface area contributed by atoms with Crippen LogP contribution in [0, 0.1) is 35.3 Å². The topological polar surface area (TPSA) is 143 Å². The summed E-state index contributed by atoms with van der Waals surface area (Å²) in [6, 6.07) is 23.5. The van der Waals surface area contributed by atoms with Crippen molar-refractivity contribution in [2.24, 2.45) is 0 Å². The van der Waals surface area contributed by atoms with Gasteiger partial charge in [0.05, 0.1) is 21.1 Å². The van der Waals surface area contributed by atoms with Gasteiger partial charge < -0.3 is 23.7 Å². The molecular weight excluding hydrogens is 698 g/mol. The van der Waals surface area contributed by atoms with E-state index in [4.69, 9.17) is 35.3 Å². The Bertz CT molecular complexity index is 2140. The normalized spacial score (nSPS) is 10.9. The summed E-state index contributed by atoms with van der Waals surface area (Å²) in [7, 11) is 0. The number of hydrogen-bond acceptors (Lipinski definition) is 10. The number of nitro benzene ring substituents is 1. The number of aldehydes is 1. The second-order valence-electron chi connectivity index (χ2n) is 11.9. The molecule has 0 fully saturated rings. The Hall–Kier alpha value is -5.80. The fourth-order valence-electron chi connectivity index (χ4n) is 5.82. The van der Waals surface area contributed by atoms with Crippen LogP contribution in [0.2, 0.25) is 5.02 Å². The molecule has 0 spiro atoms. The van der Waals surface area contributed by atoms with E-state index in [9.17, 15) is 20.2 Å². The van der Waals surface area contributed by atoms with E-state index in [0.717, 1.165) is 33.4 Å². The van der Waals surface area contributed by atoms with Gasteiger partial charge in [-0.05, 0) is 84.8 Å². The molecule has 0 amide bonds. The first-order chi connectivity index (χ1) is 25.7. The number of pyridine rings is 1. The lowest BCUT2D eigenvalue weighted by molar-refractivity contribution is -0.386. The van der Waals surface area contributed by atoms with Crippen LogP contribution in [-0.2, 0) is 22.7 Å². The zero-order valence-electron chi connectivity index (χ0n) is 29.8. The van der Waals surface area contributed by atoms with Gasteiger partial charge in [-0.25, -0.2) is 0 Å². The van der Waals surface area contributed by atoms with Gasteiger partial charge in [0.1, 0.15) is 37.4 Å². The van der Waals surface area contributed by atoms with Crippen molar-refractivity contribution in [1.82, 2.24) is 4.98 Å². The van der Waals surface area contributed by atoms with E-state index in [2.05, 4.69) is 4.98 Å². The third-order valence-electron chi connectivity index (χ3n) is 8.51. The van der Waals surface area contributed by atoms with Crippen LogP contribution < -0.4 is 14.2 Å². The summed E-state index contributed by atoms with van der Waals surface area (Å²) < 4.78 is 28.9. The molecule has 53 heavy (non-hydrogen) atoms. The van der Waals surface area contributed by atoms with Crippen LogP contribution in [0.1, 0.15) is 52.0 Å². The highest BCUT2D eigenvalue weighted by Gasteiger charge is 2.21. The van der Waals surface area contributed by atoms with E-state index in [1.165, 1.54) is 18.3 Å². The van der Waals surface area contributed by atoms with E-state index >= 15 is 0 Å². The molecule has 4 aromatic carbocycles. The molecule has 1 aromatic heterocycles. The Kier molecular flexibility index (Phi) is 13.1. The minimum absolute atomic E-state index is 0.0119. The fourth-order valence-corrected chi connectivity index (χ4v) is 6.04. The van der Waals surface area contributed by atoms with Gasteiger partial charge in [0.15, 0.2) is 18.3 Å². The largest absolute Gasteiger partial charge is 0.488 e. The third-order valence-corrected chi connectivity index (χ3v) is 8.80. The van der Waals surface area contributed by atoms with Gasteiger partial charge in [-0.1, -0.05) is 54.1 Å². The summed E-state index contributed by atoms with van der Waals surface area (Å²) >= 11 is 6.52. The number of halogens is 1. The first-order valence-electron chi connectivity index (χ1n) is 16.9. The number of nitriles is 1. The molecule has 0 aliphatic heterocycles. The maximum atomic E-state index is 12.1. The van der Waals surface area contributed by atoms with Gasteiger partial charge in [0.2, 0.25) is 0 Å². The van der Waals surface area contributed by atoms with Crippen molar-refractivity contribution in [3.05, 3.63) is 134 Å². The third kappa shape index (κ3) is 9.36. The van der Waals surface area contributed by atoms with Gasteiger partial charge in [-0.15, -0.1) is 0 Å². The number of carbonyl (C=O) groups excluding carboxylic acids is 1. The quantitative estimate of drug-likeness (QED) is 0.0392. The summed E-state index contributed by atoms with van der Waals surface area (Å²) in [5, 5.41) is 21.5. The van der Waals surface area contributed by atoms with E-state index in [-0.39, 0.29) is 47.6 Å². The molecular formula is C41H38ClN3O8. The first kappa shape index (κ1) is 38.4. The number of carbonyl (C=O) groups is 1. The molecule has 5 aromatic rings. The van der Waals surface area contributed by atoms with Crippen LogP contribution in [0.25, 0.3) is 22.3 Å². The molecule has 0 saturated carbocycles. The summed E-state index contributed by atoms with van der Waals surface area (Å²) in [6.45, 7) is 8.77. The van der Waals surface area contributed by atoms with E-state index < -0.39 is 11.2 Å². The minimum atomic E-state index is -0.637. The van der Waals surface area contributed by atoms with Crippen molar-refractivity contribution in [2.45, 2.75) is 47.2 Å². The summed E-state index contributed by atoms with van der Waals surface area (Å²) in [6.07, 6.45) is 3.06. The molecule has 0 aliphatic carbocycles. The molecule has 0 saturated heterocycles. The zero-order chi connectivity index (χ0) is 37.9. The number of benzene rings is 4. The van der Waals surface area contributed by atoms with Crippen LogP contribution in [0.5, 0.6) is 17.2 Å². The van der Waals surface area contributed by atoms with Crippen LogP contribution >= 0.6 is 11.6 Å². The molecule has 0 atom stereocenters. The van der Waals surface area contributed by atoms with Crippen molar-refractivity contribution < 1.29 is 33.4 Å². The lowest BCUT2D eigenvalue weighted by Crippen LogP contribution is -2.25. The summed E-state index contributed by atoms with van der Waals surface area (Å²) in [4.78, 5) is 27.5. The summed E-state index contributed by atoms with van der Waals surface area (Å²) in [5.74, 6) is 0.738. The van der Waals surface area contributed by atoms with Crippen LogP contribution in [0.3, 0.4) is 0 Å². The molecule has 0 unspecified atom stereocenters. The van der Waals surface area contributed by atoms with E-state index in [1.807, 2.05) is 70.2 Å². The van der Waals surface area contributed by atoms with E-state index in [0.29, 0.717) is 41.9 Å². The molecule has 12 heteroatoms. The minimum Gasteiger partial charge on any atom is -0.488 e. The summed E-state index contributed by atoms with van der Waals surface area (Å²) in [5.41, 5.74) is 7.41. The van der Waals surface area contributed by atoms with Crippen molar-refractivity contribution in [3.8, 4) is 45.6 Å². The standard InChI is InChI=1S/C41H38ClN3O8/c1-5-49-41(50-6-2)25-53-38-14-13-30(17-37(38)45(47)48)33-10-8-12-35(27(33)4)34-11-7-9-31(26(34)3)24-52-40-18-39(32(22-46)16-36(40)42)51-23-29-15-28(19-43)20-44-21-29/h7-18,20-22,41H,5-6,23-25H2,1-4H3. The maximum Gasteiger partial charge on any atom is 0.311 e. The molecule has 0 aliphatic rings. The molecule has 0 bridgehead atoms. The molecule has 272 valence electrons. The van der Waals surface area contributed by atoms with Crippen LogP contribution in [0.15, 0.2) is 85.2 Å². The number of ether oxygens (including phenoxy) is 5. The highest BCUT2D eigenvalue weighted by atomic mass is 35.5. The fraction of sp³-hybridized carbons (Fsp3) is 0.244. The second-order valence-corrected chi connectivity index (χ2v) is 12.3. The molecule has 0 N–H and O–H groups in total. The number of aromatic nitrogens is 1. The van der Waals surface area contributed by atoms with Gasteiger partial charge in [0, 0.05) is 43.3 Å². The van der Waals surface area contributed by atoms with Crippen molar-refractivity contribution in [1.29, 1.82) is 5.26 Å². The van der Waals surface area contributed by atoms with Crippen LogP contribution in [-0.4, -0.2) is 42.3 Å². The van der Waals surface area contributed by atoms with Crippen molar-refractivity contribution in [2.75, 3.05) is 19.8 Å². The van der Waals surface area contributed by atoms with Gasteiger partial charge >= 0.3 is 5.69 Å². The van der Waals surface area contributed by atoms with Crippen LogP contribution in [0.4, 0.5) is 5.69 Å². The highest BCUT2D eigenvalue weighted by molar-refractivity contribution is 6.32. The van der Waals surface area contributed by atoms with Gasteiger partial charge in [0.25, 0.3) is 0 Å². The van der Waals surface area contributed by atoms with Gasteiger partial charge in [-0.3, -0.25) is 19.9 Å². The first-order valence-corrected chi connectivity index (χ1v) is 17.3. The average Bonchev–Trinajstić information content (AvgIpc) is 3.16. The number of nitro groups is 1. The lowest BCUT2D eigenvalue weighted by atomic mass is 9.89. The molecule has 11 nitrogen and oxygen atoms in total. The van der Waals surface area contributed by atoms with Crippen molar-refractivity contribution in [3.63, 3.8) is 0 Å². The monoisotopic (exact) mass is 735 g/mol.